The highest BCUT2D eigenvalue weighted by atomic mass is 19.1. The normalized spacial score (nSPS) is 14.6. The maximum Gasteiger partial charge on any atom is 0.123 e. The van der Waals surface area contributed by atoms with E-state index in [1.165, 1.54) is 6.07 Å². The fourth-order valence-corrected chi connectivity index (χ4v) is 2.11. The molecule has 1 aromatic carbocycles. The van der Waals surface area contributed by atoms with E-state index in [-0.39, 0.29) is 5.82 Å². The number of halogens is 1. The van der Waals surface area contributed by atoms with Gasteiger partial charge in [-0.25, -0.2) is 4.39 Å². The molecule has 96 valence electrons. The van der Waals surface area contributed by atoms with Crippen molar-refractivity contribution in [1.82, 2.24) is 5.32 Å². The summed E-state index contributed by atoms with van der Waals surface area (Å²) in [6.07, 6.45) is 0.985. The molecule has 0 spiro atoms. The molecule has 0 fully saturated rings. The second-order valence-corrected chi connectivity index (χ2v) is 4.48. The molecule has 0 amide bonds. The second kappa shape index (κ2) is 7.41. The highest BCUT2D eigenvalue weighted by Crippen LogP contribution is 2.26. The van der Waals surface area contributed by atoms with Gasteiger partial charge in [0, 0.05) is 20.3 Å². The fourth-order valence-electron chi connectivity index (χ4n) is 2.11. The Kier molecular flexibility index (Phi) is 6.16. The van der Waals surface area contributed by atoms with E-state index < -0.39 is 0 Å². The first kappa shape index (κ1) is 14.1. The Morgan fingerprint density at radius 2 is 2.18 bits per heavy atom. The van der Waals surface area contributed by atoms with Gasteiger partial charge < -0.3 is 10.1 Å². The van der Waals surface area contributed by atoms with Crippen molar-refractivity contribution in [3.63, 3.8) is 0 Å². The van der Waals surface area contributed by atoms with E-state index in [1.54, 1.807) is 19.2 Å². The van der Waals surface area contributed by atoms with Crippen LogP contribution < -0.4 is 5.32 Å². The zero-order valence-electron chi connectivity index (χ0n) is 10.9. The standard InChI is InChI=1S/C14H22FNO/c1-11(7-8-17-3)14(10-16-2)12-5-4-6-13(15)9-12/h4-6,9,11,14,16H,7-8,10H2,1-3H3. The Morgan fingerprint density at radius 3 is 2.76 bits per heavy atom. The Bertz CT molecular complexity index is 330. The lowest BCUT2D eigenvalue weighted by Crippen LogP contribution is -2.23. The van der Waals surface area contributed by atoms with Gasteiger partial charge in [0.25, 0.3) is 0 Å². The Morgan fingerprint density at radius 1 is 1.41 bits per heavy atom. The molecule has 0 radical (unpaired) electrons. The van der Waals surface area contributed by atoms with Crippen molar-refractivity contribution in [2.24, 2.45) is 5.92 Å². The first-order valence-electron chi connectivity index (χ1n) is 6.08. The molecular weight excluding hydrogens is 217 g/mol. The van der Waals surface area contributed by atoms with Crippen molar-refractivity contribution in [1.29, 1.82) is 0 Å². The van der Waals surface area contributed by atoms with Crippen molar-refractivity contribution in [3.05, 3.63) is 35.6 Å². The summed E-state index contributed by atoms with van der Waals surface area (Å²) < 4.78 is 18.3. The van der Waals surface area contributed by atoms with Gasteiger partial charge >= 0.3 is 0 Å². The van der Waals surface area contributed by atoms with E-state index in [9.17, 15) is 4.39 Å². The van der Waals surface area contributed by atoms with E-state index >= 15 is 0 Å². The molecule has 0 aliphatic heterocycles. The van der Waals surface area contributed by atoms with Crippen LogP contribution in [0, 0.1) is 11.7 Å². The third-order valence-corrected chi connectivity index (χ3v) is 3.17. The van der Waals surface area contributed by atoms with Crippen molar-refractivity contribution < 1.29 is 9.13 Å². The quantitative estimate of drug-likeness (QED) is 0.790. The van der Waals surface area contributed by atoms with Crippen LogP contribution in [0.1, 0.15) is 24.8 Å². The number of nitrogens with one attached hydrogen (secondary N) is 1. The van der Waals surface area contributed by atoms with Gasteiger partial charge in [0.1, 0.15) is 5.82 Å². The SMILES string of the molecule is CNCC(c1cccc(F)c1)C(C)CCOC. The highest BCUT2D eigenvalue weighted by molar-refractivity contribution is 5.21. The zero-order chi connectivity index (χ0) is 12.7. The first-order chi connectivity index (χ1) is 8.19. The third kappa shape index (κ3) is 4.44. The molecular formula is C14H22FNO. The van der Waals surface area contributed by atoms with Gasteiger partial charge in [0.05, 0.1) is 0 Å². The first-order valence-corrected chi connectivity index (χ1v) is 6.08. The van der Waals surface area contributed by atoms with Crippen LogP contribution in [0.3, 0.4) is 0 Å². The van der Waals surface area contributed by atoms with Crippen LogP contribution in [0.4, 0.5) is 4.39 Å². The molecule has 2 atom stereocenters. The van der Waals surface area contributed by atoms with E-state index in [0.29, 0.717) is 11.8 Å². The lowest BCUT2D eigenvalue weighted by molar-refractivity contribution is 0.174. The van der Waals surface area contributed by atoms with Crippen LogP contribution >= 0.6 is 0 Å². The van der Waals surface area contributed by atoms with Crippen LogP contribution in [0.15, 0.2) is 24.3 Å². The van der Waals surface area contributed by atoms with Crippen LogP contribution in [-0.2, 0) is 4.74 Å². The minimum atomic E-state index is -0.164. The maximum atomic E-state index is 13.2. The summed E-state index contributed by atoms with van der Waals surface area (Å²) in [5.41, 5.74) is 1.06. The molecule has 3 heteroatoms. The average molecular weight is 239 g/mol. The number of likely N-dealkylation sites (N-methyl/N-ethyl adjacent to an activating group) is 1. The van der Waals surface area contributed by atoms with Gasteiger partial charge in [0.2, 0.25) is 0 Å². The van der Waals surface area contributed by atoms with Gasteiger partial charge in [-0.1, -0.05) is 19.1 Å². The molecule has 2 unspecified atom stereocenters. The van der Waals surface area contributed by atoms with Crippen molar-refractivity contribution in [2.45, 2.75) is 19.3 Å². The minimum absolute atomic E-state index is 0.164. The number of benzene rings is 1. The number of rotatable bonds is 7. The Balaban J connectivity index is 2.77. The summed E-state index contributed by atoms with van der Waals surface area (Å²) in [4.78, 5) is 0. The molecule has 17 heavy (non-hydrogen) atoms. The summed E-state index contributed by atoms with van der Waals surface area (Å²) in [6, 6.07) is 6.88. The molecule has 1 N–H and O–H groups in total. The fraction of sp³-hybridized carbons (Fsp3) is 0.571. The summed E-state index contributed by atoms with van der Waals surface area (Å²) in [5.74, 6) is 0.623. The van der Waals surface area contributed by atoms with E-state index in [2.05, 4.69) is 12.2 Å². The van der Waals surface area contributed by atoms with E-state index in [4.69, 9.17) is 4.74 Å². The molecule has 2 nitrogen and oxygen atoms in total. The predicted octanol–water partition coefficient (Wildman–Crippen LogP) is 2.80. The van der Waals surface area contributed by atoms with Gasteiger partial charge in [0.15, 0.2) is 0 Å². The monoisotopic (exact) mass is 239 g/mol. The summed E-state index contributed by atoms with van der Waals surface area (Å²) in [6.45, 7) is 3.79. The molecule has 0 heterocycles. The van der Waals surface area contributed by atoms with Gasteiger partial charge in [-0.3, -0.25) is 0 Å². The van der Waals surface area contributed by atoms with Crippen LogP contribution in [0.25, 0.3) is 0 Å². The molecule has 0 aliphatic carbocycles. The molecule has 0 saturated carbocycles. The van der Waals surface area contributed by atoms with Gasteiger partial charge in [-0.2, -0.15) is 0 Å². The molecule has 0 aliphatic rings. The second-order valence-electron chi connectivity index (χ2n) is 4.48. The summed E-state index contributed by atoms with van der Waals surface area (Å²) >= 11 is 0. The topological polar surface area (TPSA) is 21.3 Å². The Hall–Kier alpha value is -0.930. The summed E-state index contributed by atoms with van der Waals surface area (Å²) in [5, 5.41) is 3.18. The summed E-state index contributed by atoms with van der Waals surface area (Å²) in [7, 11) is 3.64. The molecule has 0 bridgehead atoms. The van der Waals surface area contributed by atoms with Crippen molar-refractivity contribution >= 4 is 0 Å². The van der Waals surface area contributed by atoms with Crippen molar-refractivity contribution in [3.8, 4) is 0 Å². The minimum Gasteiger partial charge on any atom is -0.385 e. The molecule has 0 aromatic heterocycles. The lowest BCUT2D eigenvalue weighted by Gasteiger charge is -2.24. The molecule has 1 rings (SSSR count). The number of hydrogen-bond donors (Lipinski definition) is 1. The number of methoxy groups -OCH3 is 1. The molecule has 0 saturated heterocycles. The van der Waals surface area contributed by atoms with Gasteiger partial charge in [-0.15, -0.1) is 0 Å². The lowest BCUT2D eigenvalue weighted by atomic mass is 9.85. The van der Waals surface area contributed by atoms with Crippen LogP contribution in [0.2, 0.25) is 0 Å². The predicted molar refractivity (Wildman–Crippen MR) is 68.7 cm³/mol. The average Bonchev–Trinajstić information content (AvgIpc) is 2.33. The zero-order valence-corrected chi connectivity index (χ0v) is 10.9. The van der Waals surface area contributed by atoms with E-state index in [0.717, 1.165) is 25.1 Å². The largest absolute Gasteiger partial charge is 0.385 e. The number of ether oxygens (including phenoxy) is 1. The van der Waals surface area contributed by atoms with Gasteiger partial charge in [-0.05, 0) is 43.0 Å². The molecule has 1 aromatic rings. The maximum absolute atomic E-state index is 13.2. The number of hydrogen-bond acceptors (Lipinski definition) is 2. The third-order valence-electron chi connectivity index (χ3n) is 3.17. The Labute approximate surface area is 103 Å². The smallest absolute Gasteiger partial charge is 0.123 e. The van der Waals surface area contributed by atoms with Crippen molar-refractivity contribution in [2.75, 3.05) is 27.3 Å². The highest BCUT2D eigenvalue weighted by Gasteiger charge is 2.18. The van der Waals surface area contributed by atoms with E-state index in [1.807, 2.05) is 13.1 Å². The van der Waals surface area contributed by atoms with Crippen LogP contribution in [-0.4, -0.2) is 27.3 Å². The van der Waals surface area contributed by atoms with Crippen LogP contribution in [0.5, 0.6) is 0 Å².